The van der Waals surface area contributed by atoms with Crippen LogP contribution in [0, 0.1) is 0 Å². The minimum Gasteiger partial charge on any atom is -0.395 e. The van der Waals surface area contributed by atoms with Gasteiger partial charge in [0.1, 0.15) is 6.04 Å². The number of thiophene rings is 1. The number of hydrogen-bond acceptors (Lipinski definition) is 4. The third-order valence-corrected chi connectivity index (χ3v) is 3.44. The molecule has 1 aliphatic heterocycles. The zero-order chi connectivity index (χ0) is 10.7. The quantitative estimate of drug-likeness (QED) is 0.775. The van der Waals surface area contributed by atoms with Crippen LogP contribution >= 0.6 is 11.3 Å². The number of aliphatic hydroxyl groups excluding tert-OH is 1. The summed E-state index contributed by atoms with van der Waals surface area (Å²) in [5, 5.41) is 13.8. The van der Waals surface area contributed by atoms with Crippen LogP contribution in [0.25, 0.3) is 0 Å². The fraction of sp³-hybridized carbons (Fsp3) is 0.500. The molecule has 1 amide bonds. The fourth-order valence-electron chi connectivity index (χ4n) is 1.84. The van der Waals surface area contributed by atoms with Crippen LogP contribution in [-0.2, 0) is 4.79 Å². The third-order valence-electron chi connectivity index (χ3n) is 2.51. The van der Waals surface area contributed by atoms with Gasteiger partial charge in [0.15, 0.2) is 0 Å². The monoisotopic (exact) mass is 226 g/mol. The lowest BCUT2D eigenvalue weighted by atomic mass is 10.1. The van der Waals surface area contributed by atoms with Crippen LogP contribution in [0.2, 0.25) is 0 Å². The average molecular weight is 226 g/mol. The second-order valence-electron chi connectivity index (χ2n) is 3.47. The Balaban J connectivity index is 2.19. The summed E-state index contributed by atoms with van der Waals surface area (Å²) in [5.74, 6) is 0.0390. The average Bonchev–Trinajstić information content (AvgIpc) is 2.71. The number of aliphatic hydroxyl groups is 1. The molecule has 5 heteroatoms. The molecule has 0 unspecified atom stereocenters. The molecule has 0 spiro atoms. The highest BCUT2D eigenvalue weighted by Crippen LogP contribution is 2.26. The van der Waals surface area contributed by atoms with Crippen LogP contribution in [0.15, 0.2) is 17.5 Å². The molecule has 82 valence electrons. The molecule has 4 nitrogen and oxygen atoms in total. The molecule has 0 aliphatic carbocycles. The Morgan fingerprint density at radius 3 is 3.20 bits per heavy atom. The Morgan fingerprint density at radius 2 is 2.53 bits per heavy atom. The van der Waals surface area contributed by atoms with Gasteiger partial charge in [-0.15, -0.1) is 11.3 Å². The second kappa shape index (κ2) is 4.74. The van der Waals surface area contributed by atoms with Crippen LogP contribution in [0.1, 0.15) is 10.9 Å². The Kier molecular flexibility index (Phi) is 3.35. The molecule has 2 rings (SSSR count). The Bertz CT molecular complexity index is 324. The van der Waals surface area contributed by atoms with Crippen LogP contribution < -0.4 is 5.32 Å². The highest BCUT2D eigenvalue weighted by molar-refractivity contribution is 7.10. The predicted octanol–water partition coefficient (Wildman–Crippen LogP) is 0.213. The van der Waals surface area contributed by atoms with Crippen molar-refractivity contribution in [2.24, 2.45) is 0 Å². The van der Waals surface area contributed by atoms with E-state index in [9.17, 15) is 4.79 Å². The Labute approximate surface area is 92.5 Å². The first kappa shape index (κ1) is 10.6. The summed E-state index contributed by atoms with van der Waals surface area (Å²) in [6.45, 7) is 2.11. The normalized spacial score (nSPS) is 22.7. The van der Waals surface area contributed by atoms with Crippen molar-refractivity contribution in [3.8, 4) is 0 Å². The topological polar surface area (TPSA) is 52.6 Å². The van der Waals surface area contributed by atoms with Gasteiger partial charge < -0.3 is 10.4 Å². The van der Waals surface area contributed by atoms with Gasteiger partial charge in [-0.2, -0.15) is 0 Å². The van der Waals surface area contributed by atoms with Crippen molar-refractivity contribution in [3.05, 3.63) is 22.4 Å². The summed E-state index contributed by atoms with van der Waals surface area (Å²) in [6, 6.07) is 3.69. The highest BCUT2D eigenvalue weighted by atomic mass is 32.1. The maximum absolute atomic E-state index is 11.8. The molecule has 1 aliphatic rings. The first-order chi connectivity index (χ1) is 7.33. The second-order valence-corrected chi connectivity index (χ2v) is 4.45. The summed E-state index contributed by atoms with van der Waals surface area (Å²) in [7, 11) is 0. The number of hydrogen-bond donors (Lipinski definition) is 2. The first-order valence-electron chi connectivity index (χ1n) is 4.99. The van der Waals surface area contributed by atoms with Crippen LogP contribution in [0.3, 0.4) is 0 Å². The zero-order valence-electron chi connectivity index (χ0n) is 8.35. The van der Waals surface area contributed by atoms with Crippen molar-refractivity contribution in [3.63, 3.8) is 0 Å². The Hall–Kier alpha value is -0.910. The van der Waals surface area contributed by atoms with Gasteiger partial charge >= 0.3 is 0 Å². The molecule has 1 aromatic heterocycles. The van der Waals surface area contributed by atoms with Gasteiger partial charge in [0.05, 0.1) is 6.61 Å². The summed E-state index contributed by atoms with van der Waals surface area (Å²) in [6.07, 6.45) is 0. The van der Waals surface area contributed by atoms with Crippen LogP contribution in [-0.4, -0.2) is 42.2 Å². The summed E-state index contributed by atoms with van der Waals surface area (Å²) in [5.41, 5.74) is 0. The molecule has 0 bridgehead atoms. The van der Waals surface area contributed by atoms with E-state index in [0.29, 0.717) is 13.1 Å². The molecular weight excluding hydrogens is 212 g/mol. The van der Waals surface area contributed by atoms with Crippen LogP contribution in [0.5, 0.6) is 0 Å². The van der Waals surface area contributed by atoms with Gasteiger partial charge in [-0.05, 0) is 11.4 Å². The molecule has 1 aromatic rings. The van der Waals surface area contributed by atoms with Crippen molar-refractivity contribution in [2.45, 2.75) is 6.04 Å². The lowest BCUT2D eigenvalue weighted by molar-refractivity contribution is -0.129. The Morgan fingerprint density at radius 1 is 1.67 bits per heavy atom. The smallest absolute Gasteiger partial charge is 0.242 e. The number of nitrogens with zero attached hydrogens (tertiary/aromatic N) is 1. The number of rotatable bonds is 3. The van der Waals surface area contributed by atoms with Crippen molar-refractivity contribution < 1.29 is 9.90 Å². The molecule has 0 saturated carbocycles. The molecule has 15 heavy (non-hydrogen) atoms. The molecule has 1 atom stereocenters. The molecule has 1 fully saturated rings. The van der Waals surface area contributed by atoms with Crippen molar-refractivity contribution in [2.75, 3.05) is 26.2 Å². The molecule has 0 aromatic carbocycles. The molecule has 2 heterocycles. The van der Waals surface area contributed by atoms with Gasteiger partial charge in [-0.1, -0.05) is 6.07 Å². The molecular formula is C10H14N2O2S. The lowest BCUT2D eigenvalue weighted by Gasteiger charge is -2.33. The molecule has 1 saturated heterocycles. The highest BCUT2D eigenvalue weighted by Gasteiger charge is 2.31. The maximum Gasteiger partial charge on any atom is 0.242 e. The van der Waals surface area contributed by atoms with Gasteiger partial charge in [-0.25, -0.2) is 0 Å². The standard InChI is InChI=1S/C10H14N2O2S/c13-6-5-12-4-3-11-10(14)9(12)8-2-1-7-15-8/h1-2,7,9,13H,3-6H2,(H,11,14)/t9-/m1/s1. The van der Waals surface area contributed by atoms with Crippen LogP contribution in [0.4, 0.5) is 0 Å². The minimum atomic E-state index is -0.217. The lowest BCUT2D eigenvalue weighted by Crippen LogP contribution is -2.50. The fourth-order valence-corrected chi connectivity index (χ4v) is 2.70. The number of amides is 1. The van der Waals surface area contributed by atoms with Gasteiger partial charge in [-0.3, -0.25) is 9.69 Å². The maximum atomic E-state index is 11.8. The van der Waals surface area contributed by atoms with E-state index in [0.717, 1.165) is 11.4 Å². The number of carbonyl (C=O) groups is 1. The summed E-state index contributed by atoms with van der Waals surface area (Å²) < 4.78 is 0. The van der Waals surface area contributed by atoms with Crippen molar-refractivity contribution in [1.82, 2.24) is 10.2 Å². The number of β-amino-alcohol motifs (C(OH)–C–C–N with tert-alkyl or cyclic N) is 1. The minimum absolute atomic E-state index is 0.0390. The number of carbonyl (C=O) groups excluding carboxylic acids is 1. The van der Waals surface area contributed by atoms with Gasteiger partial charge in [0.25, 0.3) is 0 Å². The van der Waals surface area contributed by atoms with Crippen molar-refractivity contribution >= 4 is 17.2 Å². The summed E-state index contributed by atoms with van der Waals surface area (Å²) >= 11 is 1.58. The van der Waals surface area contributed by atoms with E-state index < -0.39 is 0 Å². The SMILES string of the molecule is O=C1NCCN(CCO)[C@@H]1c1cccs1. The van der Waals surface area contributed by atoms with Gasteiger partial charge in [0, 0.05) is 24.5 Å². The predicted molar refractivity (Wildman–Crippen MR) is 58.7 cm³/mol. The van der Waals surface area contributed by atoms with E-state index in [4.69, 9.17) is 5.11 Å². The molecule has 2 N–H and O–H groups in total. The first-order valence-corrected chi connectivity index (χ1v) is 5.87. The third kappa shape index (κ3) is 2.19. The van der Waals surface area contributed by atoms with E-state index in [1.165, 1.54) is 0 Å². The number of piperazine rings is 1. The summed E-state index contributed by atoms with van der Waals surface area (Å²) in [4.78, 5) is 14.8. The zero-order valence-corrected chi connectivity index (χ0v) is 9.17. The van der Waals surface area contributed by atoms with E-state index in [2.05, 4.69) is 5.32 Å². The number of nitrogens with one attached hydrogen (secondary N) is 1. The van der Waals surface area contributed by atoms with Gasteiger partial charge in [0.2, 0.25) is 5.91 Å². The largest absolute Gasteiger partial charge is 0.395 e. The molecule has 0 radical (unpaired) electrons. The van der Waals surface area contributed by atoms with Crippen molar-refractivity contribution in [1.29, 1.82) is 0 Å². The van der Waals surface area contributed by atoms with E-state index in [1.54, 1.807) is 11.3 Å². The van der Waals surface area contributed by atoms with E-state index in [1.807, 2.05) is 22.4 Å². The van der Waals surface area contributed by atoms with E-state index >= 15 is 0 Å². The van der Waals surface area contributed by atoms with E-state index in [-0.39, 0.29) is 18.6 Å².